The normalized spacial score (nSPS) is 20.8. The first-order chi connectivity index (χ1) is 5.63. The highest BCUT2D eigenvalue weighted by molar-refractivity contribution is 5.83. The lowest BCUT2D eigenvalue weighted by molar-refractivity contribution is -0.150. The van der Waals surface area contributed by atoms with Crippen molar-refractivity contribution < 1.29 is 14.7 Å². The van der Waals surface area contributed by atoms with E-state index in [4.69, 9.17) is 5.11 Å². The first kappa shape index (κ1) is 9.03. The van der Waals surface area contributed by atoms with Crippen LogP contribution in [0.4, 0.5) is 0 Å². The van der Waals surface area contributed by atoms with E-state index >= 15 is 0 Å². The zero-order valence-electron chi connectivity index (χ0n) is 7.12. The van der Waals surface area contributed by atoms with E-state index in [2.05, 4.69) is 0 Å². The average Bonchev–Trinajstić information content (AvgIpc) is 2.04. The number of hydrogen-bond donors (Lipinski definition) is 1. The van der Waals surface area contributed by atoms with Gasteiger partial charge < -0.3 is 10.0 Å². The summed E-state index contributed by atoms with van der Waals surface area (Å²) in [5, 5.41) is 8.66. The molecular weight excluding hydrogens is 158 g/mol. The molecule has 1 N–H and O–H groups in total. The molecule has 1 amide bonds. The SMILES string of the molecule is C[C@@H](C(=O)O)N1CCCCC1=O. The molecule has 0 aromatic carbocycles. The Morgan fingerprint density at radius 3 is 2.75 bits per heavy atom. The summed E-state index contributed by atoms with van der Waals surface area (Å²) in [7, 11) is 0. The fourth-order valence-corrected chi connectivity index (χ4v) is 1.37. The molecule has 1 aliphatic rings. The number of rotatable bonds is 2. The Bertz CT molecular complexity index is 202. The van der Waals surface area contributed by atoms with Crippen LogP contribution in [0.15, 0.2) is 0 Å². The topological polar surface area (TPSA) is 57.6 Å². The second-order valence-electron chi connectivity index (χ2n) is 3.06. The number of piperidine rings is 1. The smallest absolute Gasteiger partial charge is 0.326 e. The van der Waals surface area contributed by atoms with E-state index in [9.17, 15) is 9.59 Å². The van der Waals surface area contributed by atoms with Crippen LogP contribution in [0.25, 0.3) is 0 Å². The Labute approximate surface area is 71.2 Å². The molecule has 68 valence electrons. The van der Waals surface area contributed by atoms with Gasteiger partial charge in [0.05, 0.1) is 0 Å². The largest absolute Gasteiger partial charge is 0.480 e. The lowest BCUT2D eigenvalue weighted by atomic mass is 10.1. The molecule has 0 aromatic rings. The molecule has 0 bridgehead atoms. The Morgan fingerprint density at radius 1 is 1.58 bits per heavy atom. The highest BCUT2D eigenvalue weighted by Gasteiger charge is 2.26. The first-order valence-electron chi connectivity index (χ1n) is 4.15. The third kappa shape index (κ3) is 1.75. The number of nitrogens with zero attached hydrogens (tertiary/aromatic N) is 1. The Morgan fingerprint density at radius 2 is 2.25 bits per heavy atom. The van der Waals surface area contributed by atoms with Gasteiger partial charge in [0, 0.05) is 13.0 Å². The second-order valence-corrected chi connectivity index (χ2v) is 3.06. The summed E-state index contributed by atoms with van der Waals surface area (Å²) in [5.41, 5.74) is 0. The van der Waals surface area contributed by atoms with Gasteiger partial charge in [-0.15, -0.1) is 0 Å². The summed E-state index contributed by atoms with van der Waals surface area (Å²) in [5.74, 6) is -0.957. The molecule has 0 unspecified atom stereocenters. The first-order valence-corrected chi connectivity index (χ1v) is 4.15. The lowest BCUT2D eigenvalue weighted by Gasteiger charge is -2.29. The summed E-state index contributed by atoms with van der Waals surface area (Å²) in [6.07, 6.45) is 2.31. The van der Waals surface area contributed by atoms with Crippen molar-refractivity contribution in [2.45, 2.75) is 32.2 Å². The van der Waals surface area contributed by atoms with Crippen molar-refractivity contribution in [1.82, 2.24) is 4.90 Å². The maximum Gasteiger partial charge on any atom is 0.326 e. The molecule has 12 heavy (non-hydrogen) atoms. The minimum atomic E-state index is -0.926. The van der Waals surface area contributed by atoms with Gasteiger partial charge in [0.15, 0.2) is 0 Å². The molecular formula is C8H13NO3. The van der Waals surface area contributed by atoms with Crippen molar-refractivity contribution in [3.63, 3.8) is 0 Å². The van der Waals surface area contributed by atoms with E-state index < -0.39 is 12.0 Å². The monoisotopic (exact) mass is 171 g/mol. The summed E-state index contributed by atoms with van der Waals surface area (Å²) < 4.78 is 0. The molecule has 0 radical (unpaired) electrons. The number of carboxylic acids is 1. The van der Waals surface area contributed by atoms with Crippen LogP contribution in [0, 0.1) is 0 Å². The van der Waals surface area contributed by atoms with Gasteiger partial charge in [0.25, 0.3) is 0 Å². The molecule has 0 aliphatic carbocycles. The zero-order chi connectivity index (χ0) is 9.14. The number of hydrogen-bond acceptors (Lipinski definition) is 2. The van der Waals surface area contributed by atoms with Gasteiger partial charge in [-0.3, -0.25) is 4.79 Å². The van der Waals surface area contributed by atoms with Crippen LogP contribution in [0.3, 0.4) is 0 Å². The standard InChI is InChI=1S/C8H13NO3/c1-6(8(11)12)9-5-3-2-4-7(9)10/h6H,2-5H2,1H3,(H,11,12)/t6-/m0/s1. The van der Waals surface area contributed by atoms with Crippen LogP contribution in [-0.4, -0.2) is 34.5 Å². The van der Waals surface area contributed by atoms with Crippen LogP contribution >= 0.6 is 0 Å². The molecule has 4 heteroatoms. The van der Waals surface area contributed by atoms with E-state index in [0.29, 0.717) is 13.0 Å². The van der Waals surface area contributed by atoms with Crippen molar-refractivity contribution in [3.8, 4) is 0 Å². The maximum atomic E-state index is 11.2. The number of carbonyl (C=O) groups excluding carboxylic acids is 1. The predicted octanol–water partition coefficient (Wildman–Crippen LogP) is 0.472. The van der Waals surface area contributed by atoms with Crippen molar-refractivity contribution in [2.75, 3.05) is 6.54 Å². The van der Waals surface area contributed by atoms with E-state index in [-0.39, 0.29) is 5.91 Å². The Balaban J connectivity index is 2.59. The van der Waals surface area contributed by atoms with Crippen molar-refractivity contribution in [3.05, 3.63) is 0 Å². The number of carboxylic acid groups (broad SMARTS) is 1. The third-order valence-corrected chi connectivity index (χ3v) is 2.18. The van der Waals surface area contributed by atoms with Gasteiger partial charge in [0.2, 0.25) is 5.91 Å². The quantitative estimate of drug-likeness (QED) is 0.657. The van der Waals surface area contributed by atoms with Crippen molar-refractivity contribution >= 4 is 11.9 Å². The van der Waals surface area contributed by atoms with Gasteiger partial charge in [-0.25, -0.2) is 4.79 Å². The predicted molar refractivity (Wildman–Crippen MR) is 42.7 cm³/mol. The molecule has 1 rings (SSSR count). The summed E-state index contributed by atoms with van der Waals surface area (Å²) in [6, 6.07) is -0.669. The van der Waals surface area contributed by atoms with Gasteiger partial charge in [-0.1, -0.05) is 0 Å². The van der Waals surface area contributed by atoms with Gasteiger partial charge in [-0.2, -0.15) is 0 Å². The van der Waals surface area contributed by atoms with Crippen LogP contribution in [0.2, 0.25) is 0 Å². The Hall–Kier alpha value is -1.06. The van der Waals surface area contributed by atoms with Crippen molar-refractivity contribution in [2.24, 2.45) is 0 Å². The van der Waals surface area contributed by atoms with Gasteiger partial charge in [-0.05, 0) is 19.8 Å². The second kappa shape index (κ2) is 3.56. The molecule has 0 aromatic heterocycles. The summed E-state index contributed by atoms with van der Waals surface area (Å²) in [6.45, 7) is 2.14. The van der Waals surface area contributed by atoms with Crippen molar-refractivity contribution in [1.29, 1.82) is 0 Å². The molecule has 0 spiro atoms. The van der Waals surface area contributed by atoms with E-state index in [1.165, 1.54) is 4.90 Å². The zero-order valence-corrected chi connectivity index (χ0v) is 7.12. The Kier molecular flexibility index (Phi) is 2.68. The van der Waals surface area contributed by atoms with E-state index in [1.54, 1.807) is 6.92 Å². The molecule has 1 saturated heterocycles. The number of aliphatic carboxylic acids is 1. The van der Waals surface area contributed by atoms with Gasteiger partial charge >= 0.3 is 5.97 Å². The molecule has 1 aliphatic heterocycles. The van der Waals surface area contributed by atoms with Crippen LogP contribution in [-0.2, 0) is 9.59 Å². The average molecular weight is 171 g/mol. The highest BCUT2D eigenvalue weighted by Crippen LogP contribution is 2.13. The minimum absolute atomic E-state index is 0.0313. The number of amides is 1. The minimum Gasteiger partial charge on any atom is -0.480 e. The third-order valence-electron chi connectivity index (χ3n) is 2.18. The van der Waals surface area contributed by atoms with E-state index in [1.807, 2.05) is 0 Å². The molecule has 0 saturated carbocycles. The molecule has 1 fully saturated rings. The summed E-state index contributed by atoms with van der Waals surface area (Å²) >= 11 is 0. The van der Waals surface area contributed by atoms with E-state index in [0.717, 1.165) is 12.8 Å². The van der Waals surface area contributed by atoms with Crippen LogP contribution in [0.5, 0.6) is 0 Å². The van der Waals surface area contributed by atoms with Crippen LogP contribution in [0.1, 0.15) is 26.2 Å². The molecule has 4 nitrogen and oxygen atoms in total. The fourth-order valence-electron chi connectivity index (χ4n) is 1.37. The maximum absolute atomic E-state index is 11.2. The fraction of sp³-hybridized carbons (Fsp3) is 0.750. The number of carbonyl (C=O) groups is 2. The number of likely N-dealkylation sites (tertiary alicyclic amines) is 1. The molecule has 1 atom stereocenters. The van der Waals surface area contributed by atoms with Crippen LogP contribution < -0.4 is 0 Å². The molecule has 1 heterocycles. The van der Waals surface area contributed by atoms with Gasteiger partial charge in [0.1, 0.15) is 6.04 Å². The summed E-state index contributed by atoms with van der Waals surface area (Å²) in [4.78, 5) is 23.2. The highest BCUT2D eigenvalue weighted by atomic mass is 16.4. The lowest BCUT2D eigenvalue weighted by Crippen LogP contribution is -2.45.